The zero-order chi connectivity index (χ0) is 28.8. The second-order valence-electron chi connectivity index (χ2n) is 5.97. The normalized spacial score (nSPS) is 8.39. The first-order chi connectivity index (χ1) is 17.0. The highest BCUT2D eigenvalue weighted by atomic mass is 16.6. The lowest BCUT2D eigenvalue weighted by atomic mass is 10.0. The Labute approximate surface area is 214 Å². The number of Topliss-reactive ketones (excluding diaryl/α,β-unsaturated/α-hetero) is 2. The maximum absolute atomic E-state index is 11.4. The van der Waals surface area contributed by atoms with E-state index in [1.807, 2.05) is 41.5 Å². The molecular weight excluding hydrogens is 464 g/mol. The average Bonchev–Trinajstić information content (AvgIpc) is 2.87. The first kappa shape index (κ1) is 36.6. The van der Waals surface area contributed by atoms with Gasteiger partial charge in [-0.25, -0.2) is 9.59 Å². The van der Waals surface area contributed by atoms with Gasteiger partial charge >= 0.3 is 23.9 Å². The quantitative estimate of drug-likeness (QED) is 0.273. The van der Waals surface area contributed by atoms with Crippen LogP contribution in [0.1, 0.15) is 111 Å². The number of ketones is 2. The summed E-state index contributed by atoms with van der Waals surface area (Å²) in [5.41, 5.74) is 0.730. The molecule has 0 aliphatic rings. The number of esters is 4. The summed E-state index contributed by atoms with van der Waals surface area (Å²) in [5, 5.41) is 0. The molecule has 0 saturated carbocycles. The van der Waals surface area contributed by atoms with Gasteiger partial charge in [-0.15, -0.1) is 0 Å². The average molecular weight is 503 g/mol. The van der Waals surface area contributed by atoms with Crippen molar-refractivity contribution in [3.8, 4) is 0 Å². The lowest BCUT2D eigenvalue weighted by molar-refractivity contribution is -0.136. The van der Waals surface area contributed by atoms with Crippen molar-refractivity contribution in [2.75, 3.05) is 0 Å². The molecule has 0 radical (unpaired) electrons. The van der Waals surface area contributed by atoms with Gasteiger partial charge in [0.25, 0.3) is 0 Å². The predicted octanol–water partition coefficient (Wildman–Crippen LogP) is 6.26. The number of hydrogen-bond acceptors (Lipinski definition) is 8. The van der Waals surface area contributed by atoms with Gasteiger partial charge in [0.15, 0.2) is 11.6 Å². The molecule has 0 aliphatic carbocycles. The first-order valence-electron chi connectivity index (χ1n) is 11.7. The number of rotatable bonds is 4. The Kier molecular flexibility index (Phi) is 22.0. The van der Waals surface area contributed by atoms with Crippen molar-refractivity contribution in [1.29, 1.82) is 0 Å². The molecular formula is C28H38O8. The SMILES string of the molecule is CC.CC.CC.CC(=O)OC(=O)c1ccccc1C(C)=O.CC(=O)OC(=O)c1ccccc1C(C)=O. The third kappa shape index (κ3) is 14.3. The summed E-state index contributed by atoms with van der Waals surface area (Å²) >= 11 is 0. The standard InChI is InChI=1S/2C11H10O4.3C2H6/c2*1-7(12)9-5-3-4-6-10(9)11(14)15-8(2)13;3*1-2/h2*3-6H,1-2H3;3*1-2H3. The molecule has 36 heavy (non-hydrogen) atoms. The summed E-state index contributed by atoms with van der Waals surface area (Å²) in [6.45, 7) is 17.0. The Morgan fingerprint density at radius 3 is 0.861 bits per heavy atom. The highest BCUT2D eigenvalue weighted by Gasteiger charge is 2.17. The Bertz CT molecular complexity index is 925. The van der Waals surface area contributed by atoms with E-state index in [1.165, 1.54) is 38.1 Å². The molecule has 2 aromatic carbocycles. The smallest absolute Gasteiger partial charge is 0.346 e. The van der Waals surface area contributed by atoms with Crippen LogP contribution in [0, 0.1) is 0 Å². The summed E-state index contributed by atoms with van der Waals surface area (Å²) < 4.78 is 8.79. The van der Waals surface area contributed by atoms with Gasteiger partial charge in [0.1, 0.15) is 0 Å². The zero-order valence-electron chi connectivity index (χ0n) is 22.9. The van der Waals surface area contributed by atoms with Crippen molar-refractivity contribution in [1.82, 2.24) is 0 Å². The Hall–Kier alpha value is -3.94. The molecule has 0 aliphatic heterocycles. The van der Waals surface area contributed by atoms with Crippen molar-refractivity contribution in [2.24, 2.45) is 0 Å². The van der Waals surface area contributed by atoms with Crippen molar-refractivity contribution >= 4 is 35.4 Å². The van der Waals surface area contributed by atoms with E-state index in [-0.39, 0.29) is 33.8 Å². The molecule has 8 heteroatoms. The van der Waals surface area contributed by atoms with Crippen LogP contribution in [0.25, 0.3) is 0 Å². The molecule has 0 N–H and O–H groups in total. The van der Waals surface area contributed by atoms with E-state index < -0.39 is 23.9 Å². The fraction of sp³-hybridized carbons (Fsp3) is 0.357. The van der Waals surface area contributed by atoms with E-state index in [0.29, 0.717) is 0 Å². The Morgan fingerprint density at radius 1 is 0.444 bits per heavy atom. The first-order valence-corrected chi connectivity index (χ1v) is 11.7. The van der Waals surface area contributed by atoms with Gasteiger partial charge in [-0.3, -0.25) is 19.2 Å². The van der Waals surface area contributed by atoms with Gasteiger partial charge in [0.05, 0.1) is 11.1 Å². The lowest BCUT2D eigenvalue weighted by Gasteiger charge is -2.04. The number of benzene rings is 2. The summed E-state index contributed by atoms with van der Waals surface area (Å²) in [6.07, 6.45) is 0. The van der Waals surface area contributed by atoms with Crippen LogP contribution in [0.4, 0.5) is 0 Å². The Balaban J connectivity index is -0.000000501. The van der Waals surface area contributed by atoms with E-state index in [9.17, 15) is 28.8 Å². The molecule has 0 unspecified atom stereocenters. The zero-order valence-corrected chi connectivity index (χ0v) is 22.9. The second kappa shape index (κ2) is 21.6. The molecule has 0 saturated heterocycles. The molecule has 0 atom stereocenters. The van der Waals surface area contributed by atoms with Gasteiger partial charge in [0, 0.05) is 25.0 Å². The molecule has 0 spiro atoms. The monoisotopic (exact) mass is 502 g/mol. The highest BCUT2D eigenvalue weighted by Crippen LogP contribution is 2.12. The van der Waals surface area contributed by atoms with Gasteiger partial charge < -0.3 is 9.47 Å². The van der Waals surface area contributed by atoms with Gasteiger partial charge in [-0.1, -0.05) is 77.9 Å². The summed E-state index contributed by atoms with van der Waals surface area (Å²) in [4.78, 5) is 66.3. The van der Waals surface area contributed by atoms with Crippen molar-refractivity contribution in [3.05, 3.63) is 70.8 Å². The van der Waals surface area contributed by atoms with Crippen LogP contribution in [-0.4, -0.2) is 35.4 Å². The van der Waals surface area contributed by atoms with Crippen LogP contribution in [0.3, 0.4) is 0 Å². The third-order valence-corrected chi connectivity index (χ3v) is 3.53. The van der Waals surface area contributed by atoms with Gasteiger partial charge in [-0.2, -0.15) is 0 Å². The molecule has 198 valence electrons. The molecule has 0 fully saturated rings. The molecule has 2 rings (SSSR count). The predicted molar refractivity (Wildman–Crippen MR) is 139 cm³/mol. The van der Waals surface area contributed by atoms with Gasteiger partial charge in [-0.05, 0) is 26.0 Å². The lowest BCUT2D eigenvalue weighted by Crippen LogP contribution is -2.13. The van der Waals surface area contributed by atoms with Crippen molar-refractivity contribution in [2.45, 2.75) is 69.2 Å². The van der Waals surface area contributed by atoms with E-state index >= 15 is 0 Å². The number of carbonyl (C=O) groups is 6. The Morgan fingerprint density at radius 2 is 0.667 bits per heavy atom. The minimum atomic E-state index is -0.798. The highest BCUT2D eigenvalue weighted by molar-refractivity contribution is 6.08. The number of hydrogen-bond donors (Lipinski definition) is 0. The van der Waals surface area contributed by atoms with Crippen LogP contribution in [0.5, 0.6) is 0 Å². The maximum Gasteiger partial charge on any atom is 0.346 e. The van der Waals surface area contributed by atoms with E-state index in [2.05, 4.69) is 9.47 Å². The fourth-order valence-electron chi connectivity index (χ4n) is 2.31. The van der Waals surface area contributed by atoms with Crippen molar-refractivity contribution < 1.29 is 38.2 Å². The molecule has 2 aromatic rings. The van der Waals surface area contributed by atoms with E-state index in [0.717, 1.165) is 13.8 Å². The maximum atomic E-state index is 11.4. The molecule has 0 bridgehead atoms. The van der Waals surface area contributed by atoms with Crippen LogP contribution >= 0.6 is 0 Å². The summed E-state index contributed by atoms with van der Waals surface area (Å²) in [7, 11) is 0. The molecule has 0 aromatic heterocycles. The largest absolute Gasteiger partial charge is 0.390 e. The number of ether oxygens (including phenoxy) is 2. The number of carbonyl (C=O) groups excluding carboxylic acids is 6. The van der Waals surface area contributed by atoms with E-state index in [4.69, 9.17) is 0 Å². The van der Waals surface area contributed by atoms with Crippen molar-refractivity contribution in [3.63, 3.8) is 0 Å². The molecule has 8 nitrogen and oxygen atoms in total. The minimum Gasteiger partial charge on any atom is -0.390 e. The second-order valence-corrected chi connectivity index (χ2v) is 5.97. The van der Waals surface area contributed by atoms with Crippen LogP contribution in [-0.2, 0) is 19.1 Å². The third-order valence-electron chi connectivity index (χ3n) is 3.53. The minimum absolute atomic E-state index is 0.111. The summed E-state index contributed by atoms with van der Waals surface area (Å²) in [5.74, 6) is -3.48. The molecule has 0 heterocycles. The topological polar surface area (TPSA) is 121 Å². The van der Waals surface area contributed by atoms with E-state index in [1.54, 1.807) is 24.3 Å². The van der Waals surface area contributed by atoms with Crippen LogP contribution in [0.15, 0.2) is 48.5 Å². The molecule has 0 amide bonds. The fourth-order valence-corrected chi connectivity index (χ4v) is 2.31. The van der Waals surface area contributed by atoms with Crippen LogP contribution < -0.4 is 0 Å². The van der Waals surface area contributed by atoms with Gasteiger partial charge in [0.2, 0.25) is 0 Å². The van der Waals surface area contributed by atoms with Crippen LogP contribution in [0.2, 0.25) is 0 Å². The summed E-state index contributed by atoms with van der Waals surface area (Å²) in [6, 6.07) is 12.4.